The van der Waals surface area contributed by atoms with Gasteiger partial charge in [0.05, 0.1) is 30.6 Å². The Kier molecular flexibility index (Phi) is 6.69. The Morgan fingerprint density at radius 3 is 2.64 bits per heavy atom. The van der Waals surface area contributed by atoms with Gasteiger partial charge >= 0.3 is 0 Å². The van der Waals surface area contributed by atoms with E-state index in [1.807, 2.05) is 36.1 Å². The topological polar surface area (TPSA) is 57.9 Å². The molecule has 0 aliphatic carbocycles. The smallest absolute Gasteiger partial charge is 0.193 e. The van der Waals surface area contributed by atoms with Crippen molar-refractivity contribution >= 4 is 5.96 Å². The number of hydrogen-bond donors (Lipinski definition) is 1. The van der Waals surface area contributed by atoms with Crippen LogP contribution in [0.5, 0.6) is 0 Å². The summed E-state index contributed by atoms with van der Waals surface area (Å²) in [6.07, 6.45) is 5.16. The quantitative estimate of drug-likeness (QED) is 0.468. The molecule has 33 heavy (non-hydrogen) atoms. The Bertz CT molecular complexity index is 1050. The van der Waals surface area contributed by atoms with Crippen molar-refractivity contribution in [3.05, 3.63) is 84.2 Å². The first-order valence-corrected chi connectivity index (χ1v) is 11.7. The number of nitrogens with zero attached hydrogens (tertiary/aromatic N) is 5. The van der Waals surface area contributed by atoms with Crippen LogP contribution in [0, 0.1) is 0 Å². The number of para-hydroxylation sites is 1. The van der Waals surface area contributed by atoms with E-state index < -0.39 is 0 Å². The van der Waals surface area contributed by atoms with Crippen LogP contribution in [0.1, 0.15) is 11.1 Å². The van der Waals surface area contributed by atoms with Gasteiger partial charge in [-0.05, 0) is 29.7 Å². The van der Waals surface area contributed by atoms with E-state index in [1.54, 1.807) is 0 Å². The molecule has 2 aliphatic rings. The molecule has 172 valence electrons. The number of benzene rings is 2. The molecule has 2 fully saturated rings. The fraction of sp³-hybridized carbons (Fsp3) is 0.385. The van der Waals surface area contributed by atoms with Gasteiger partial charge in [-0.3, -0.25) is 9.89 Å². The minimum atomic E-state index is 0.227. The van der Waals surface area contributed by atoms with Crippen LogP contribution in [0.3, 0.4) is 0 Å². The standard InChI is InChI=1S/C26H32N6O/c1-27-26(28-13-12-22-16-29-32(18-22)23-10-6-3-7-11-23)31-19-24-25(20-31)33-15-14-30(24)17-21-8-4-2-5-9-21/h2-11,16,18,24-25H,12-15,17,19-20H2,1H3,(H,27,28). The lowest BCUT2D eigenvalue weighted by molar-refractivity contribution is -0.0502. The van der Waals surface area contributed by atoms with Crippen LogP contribution in [0.4, 0.5) is 0 Å². The second-order valence-electron chi connectivity index (χ2n) is 8.69. The Labute approximate surface area is 195 Å². The summed E-state index contributed by atoms with van der Waals surface area (Å²) < 4.78 is 8.06. The molecule has 7 heteroatoms. The molecule has 1 N–H and O–H groups in total. The van der Waals surface area contributed by atoms with Gasteiger partial charge in [0.25, 0.3) is 0 Å². The molecule has 2 unspecified atom stereocenters. The molecule has 0 radical (unpaired) electrons. The van der Waals surface area contributed by atoms with Crippen molar-refractivity contribution in [1.29, 1.82) is 0 Å². The van der Waals surface area contributed by atoms with Crippen LogP contribution in [0.25, 0.3) is 5.69 Å². The first-order valence-electron chi connectivity index (χ1n) is 11.7. The summed E-state index contributed by atoms with van der Waals surface area (Å²) in [6.45, 7) is 5.36. The largest absolute Gasteiger partial charge is 0.373 e. The molecule has 3 aromatic rings. The zero-order chi connectivity index (χ0) is 22.5. The predicted octanol–water partition coefficient (Wildman–Crippen LogP) is 2.58. The van der Waals surface area contributed by atoms with E-state index >= 15 is 0 Å². The maximum Gasteiger partial charge on any atom is 0.193 e. The number of likely N-dealkylation sites (tertiary alicyclic amines) is 1. The average Bonchev–Trinajstić information content (AvgIpc) is 3.51. The molecule has 0 saturated carbocycles. The highest BCUT2D eigenvalue weighted by Crippen LogP contribution is 2.24. The van der Waals surface area contributed by atoms with Gasteiger partial charge in [0, 0.05) is 46.0 Å². The van der Waals surface area contributed by atoms with Crippen molar-refractivity contribution in [3.63, 3.8) is 0 Å². The van der Waals surface area contributed by atoms with Gasteiger partial charge in [0.1, 0.15) is 0 Å². The van der Waals surface area contributed by atoms with E-state index in [-0.39, 0.29) is 6.10 Å². The third-order valence-corrected chi connectivity index (χ3v) is 6.51. The van der Waals surface area contributed by atoms with Crippen LogP contribution in [0.2, 0.25) is 0 Å². The number of nitrogens with one attached hydrogen (secondary N) is 1. The number of aliphatic imine (C=N–C) groups is 1. The number of hydrogen-bond acceptors (Lipinski definition) is 4. The molecule has 7 nitrogen and oxygen atoms in total. The normalized spacial score (nSPS) is 21.2. The van der Waals surface area contributed by atoms with Gasteiger partial charge in [0.2, 0.25) is 0 Å². The fourth-order valence-electron chi connectivity index (χ4n) is 4.81. The summed E-state index contributed by atoms with van der Waals surface area (Å²) >= 11 is 0. The first kappa shape index (κ1) is 21.7. The third kappa shape index (κ3) is 5.10. The van der Waals surface area contributed by atoms with Crippen LogP contribution in [-0.2, 0) is 17.7 Å². The average molecular weight is 445 g/mol. The van der Waals surface area contributed by atoms with Crippen molar-refractivity contribution < 1.29 is 4.74 Å². The molecule has 0 amide bonds. The van der Waals surface area contributed by atoms with Gasteiger partial charge < -0.3 is 15.0 Å². The van der Waals surface area contributed by atoms with E-state index in [0.717, 1.165) is 57.4 Å². The Morgan fingerprint density at radius 2 is 1.85 bits per heavy atom. The predicted molar refractivity (Wildman–Crippen MR) is 131 cm³/mol. The van der Waals surface area contributed by atoms with Crippen molar-refractivity contribution in [2.24, 2.45) is 4.99 Å². The Hall–Kier alpha value is -3.16. The number of fused-ring (bicyclic) bond motifs is 1. The zero-order valence-corrected chi connectivity index (χ0v) is 19.2. The fourth-order valence-corrected chi connectivity index (χ4v) is 4.81. The van der Waals surface area contributed by atoms with Crippen LogP contribution in [0.15, 0.2) is 78.0 Å². The first-order chi connectivity index (χ1) is 16.3. The van der Waals surface area contributed by atoms with E-state index in [4.69, 9.17) is 4.74 Å². The minimum absolute atomic E-state index is 0.227. The minimum Gasteiger partial charge on any atom is -0.373 e. The van der Waals surface area contributed by atoms with E-state index in [2.05, 4.69) is 73.9 Å². The summed E-state index contributed by atoms with van der Waals surface area (Å²) in [7, 11) is 1.86. The van der Waals surface area contributed by atoms with Crippen molar-refractivity contribution in [2.45, 2.75) is 25.1 Å². The Morgan fingerprint density at radius 1 is 1.06 bits per heavy atom. The summed E-state index contributed by atoms with van der Waals surface area (Å²) in [5.74, 6) is 0.947. The van der Waals surface area contributed by atoms with E-state index in [0.29, 0.717) is 6.04 Å². The molecule has 0 spiro atoms. The lowest BCUT2D eigenvalue weighted by Crippen LogP contribution is -2.50. The highest BCUT2D eigenvalue weighted by molar-refractivity contribution is 5.80. The van der Waals surface area contributed by atoms with Gasteiger partial charge in [-0.1, -0.05) is 48.5 Å². The van der Waals surface area contributed by atoms with Gasteiger partial charge in [-0.25, -0.2) is 4.68 Å². The van der Waals surface area contributed by atoms with Gasteiger partial charge in [-0.2, -0.15) is 5.10 Å². The third-order valence-electron chi connectivity index (χ3n) is 6.51. The Balaban J connectivity index is 1.15. The number of guanidine groups is 1. The van der Waals surface area contributed by atoms with E-state index in [9.17, 15) is 0 Å². The van der Waals surface area contributed by atoms with E-state index in [1.165, 1.54) is 11.1 Å². The van der Waals surface area contributed by atoms with Crippen LogP contribution in [-0.4, -0.2) is 77.5 Å². The molecular formula is C26H32N6O. The maximum absolute atomic E-state index is 6.14. The molecule has 2 aromatic carbocycles. The molecule has 3 heterocycles. The zero-order valence-electron chi connectivity index (χ0n) is 19.2. The highest BCUT2D eigenvalue weighted by atomic mass is 16.5. The number of ether oxygens (including phenoxy) is 1. The number of morpholine rings is 1. The number of rotatable bonds is 6. The molecule has 2 aliphatic heterocycles. The molecule has 2 saturated heterocycles. The second-order valence-corrected chi connectivity index (χ2v) is 8.69. The molecule has 1 aromatic heterocycles. The lowest BCUT2D eigenvalue weighted by atomic mass is 10.1. The lowest BCUT2D eigenvalue weighted by Gasteiger charge is -2.36. The molecular weight excluding hydrogens is 412 g/mol. The van der Waals surface area contributed by atoms with Gasteiger partial charge in [-0.15, -0.1) is 0 Å². The summed E-state index contributed by atoms with van der Waals surface area (Å²) in [5, 5.41) is 8.05. The molecule has 5 rings (SSSR count). The summed E-state index contributed by atoms with van der Waals surface area (Å²) in [5.41, 5.74) is 3.64. The maximum atomic E-state index is 6.14. The van der Waals surface area contributed by atoms with Crippen molar-refractivity contribution in [2.75, 3.05) is 39.8 Å². The SMILES string of the molecule is CN=C(NCCc1cnn(-c2ccccc2)c1)N1CC2OCCN(Cc3ccccc3)C2C1. The van der Waals surface area contributed by atoms with Crippen molar-refractivity contribution in [1.82, 2.24) is 24.9 Å². The van der Waals surface area contributed by atoms with Crippen LogP contribution >= 0.6 is 0 Å². The summed E-state index contributed by atoms with van der Waals surface area (Å²) in [6, 6.07) is 21.3. The van der Waals surface area contributed by atoms with Crippen molar-refractivity contribution in [3.8, 4) is 5.69 Å². The van der Waals surface area contributed by atoms with Gasteiger partial charge in [0.15, 0.2) is 5.96 Å². The molecule has 2 atom stereocenters. The highest BCUT2D eigenvalue weighted by Gasteiger charge is 2.41. The second kappa shape index (κ2) is 10.2. The molecule has 0 bridgehead atoms. The number of aromatic nitrogens is 2. The van der Waals surface area contributed by atoms with Crippen LogP contribution < -0.4 is 5.32 Å². The monoisotopic (exact) mass is 444 g/mol. The summed E-state index contributed by atoms with van der Waals surface area (Å²) in [4.78, 5) is 9.46.